The Labute approximate surface area is 109 Å². The van der Waals surface area contributed by atoms with Crippen LogP contribution in [0, 0.1) is 0 Å². The lowest BCUT2D eigenvalue weighted by Crippen LogP contribution is -2.17. The van der Waals surface area contributed by atoms with Gasteiger partial charge in [-0.3, -0.25) is 0 Å². The topological polar surface area (TPSA) is 46.2 Å². The lowest BCUT2D eigenvalue weighted by Gasteiger charge is -2.09. The van der Waals surface area contributed by atoms with Crippen molar-refractivity contribution in [3.8, 4) is 0 Å². The van der Waals surface area contributed by atoms with Gasteiger partial charge in [0, 0.05) is 18.0 Å². The first kappa shape index (κ1) is 13.8. The van der Waals surface area contributed by atoms with Crippen LogP contribution in [0.5, 0.6) is 0 Å². The molecule has 0 aliphatic heterocycles. The van der Waals surface area contributed by atoms with Crippen molar-refractivity contribution in [3.63, 3.8) is 0 Å². The summed E-state index contributed by atoms with van der Waals surface area (Å²) in [5.41, 5.74) is 0.804. The molecule has 1 aromatic rings. The first-order chi connectivity index (χ1) is 7.46. The van der Waals surface area contributed by atoms with E-state index in [1.54, 1.807) is 13.0 Å². The maximum absolute atomic E-state index is 11.3. The van der Waals surface area contributed by atoms with Gasteiger partial charge in [-0.25, -0.2) is 8.42 Å². The van der Waals surface area contributed by atoms with E-state index in [1.807, 2.05) is 12.1 Å². The molecule has 1 N–H and O–H groups in total. The first-order valence-corrected chi connectivity index (χ1v) is 7.84. The molecule has 0 bridgehead atoms. The van der Waals surface area contributed by atoms with Crippen LogP contribution in [-0.4, -0.2) is 26.5 Å². The quantitative estimate of drug-likeness (QED) is 0.905. The van der Waals surface area contributed by atoms with Crippen LogP contribution in [0.1, 0.15) is 6.92 Å². The van der Waals surface area contributed by atoms with Crippen molar-refractivity contribution < 1.29 is 8.42 Å². The zero-order valence-corrected chi connectivity index (χ0v) is 12.0. The van der Waals surface area contributed by atoms with Gasteiger partial charge >= 0.3 is 0 Å². The molecule has 90 valence electrons. The Bertz CT molecular complexity index is 462. The van der Waals surface area contributed by atoms with E-state index in [0.717, 1.165) is 10.2 Å². The second kappa shape index (κ2) is 5.89. The lowest BCUT2D eigenvalue weighted by atomic mass is 10.3. The van der Waals surface area contributed by atoms with Crippen molar-refractivity contribution in [1.29, 1.82) is 0 Å². The smallest absolute Gasteiger partial charge is 0.151 e. The van der Waals surface area contributed by atoms with Gasteiger partial charge in [0.05, 0.1) is 15.2 Å². The number of nitrogens with one attached hydrogen (secondary N) is 1. The third-order valence-corrected chi connectivity index (χ3v) is 5.22. The molecule has 0 spiro atoms. The van der Waals surface area contributed by atoms with Gasteiger partial charge in [0.15, 0.2) is 9.84 Å². The van der Waals surface area contributed by atoms with Crippen LogP contribution in [0.15, 0.2) is 22.7 Å². The summed E-state index contributed by atoms with van der Waals surface area (Å²) in [6.45, 7) is 2.03. The Balaban J connectivity index is 2.59. The molecule has 6 heteroatoms. The van der Waals surface area contributed by atoms with Crippen LogP contribution in [0.2, 0.25) is 5.02 Å². The van der Waals surface area contributed by atoms with Crippen molar-refractivity contribution in [2.24, 2.45) is 0 Å². The molecule has 0 amide bonds. The first-order valence-electron chi connectivity index (χ1n) is 4.84. The van der Waals surface area contributed by atoms with Crippen LogP contribution < -0.4 is 5.32 Å². The second-order valence-electron chi connectivity index (χ2n) is 3.26. The maximum atomic E-state index is 11.3. The summed E-state index contributed by atoms with van der Waals surface area (Å²) in [5.74, 6) is 0.299. The monoisotopic (exact) mass is 325 g/mol. The lowest BCUT2D eigenvalue weighted by molar-refractivity contribution is 0.597. The number of benzene rings is 1. The van der Waals surface area contributed by atoms with Gasteiger partial charge in [-0.2, -0.15) is 0 Å². The fraction of sp³-hybridized carbons (Fsp3) is 0.400. The van der Waals surface area contributed by atoms with E-state index in [9.17, 15) is 8.42 Å². The highest BCUT2D eigenvalue weighted by molar-refractivity contribution is 9.10. The van der Waals surface area contributed by atoms with Gasteiger partial charge in [0.25, 0.3) is 0 Å². The van der Waals surface area contributed by atoms with Crippen molar-refractivity contribution in [3.05, 3.63) is 27.7 Å². The maximum Gasteiger partial charge on any atom is 0.151 e. The molecular formula is C10H13BrClNO2S. The van der Waals surface area contributed by atoms with Gasteiger partial charge in [-0.05, 0) is 28.1 Å². The van der Waals surface area contributed by atoms with Gasteiger partial charge in [0.1, 0.15) is 0 Å². The zero-order chi connectivity index (χ0) is 12.2. The molecule has 0 saturated heterocycles. The Morgan fingerprint density at radius 1 is 1.44 bits per heavy atom. The normalized spacial score (nSPS) is 11.4. The highest BCUT2D eigenvalue weighted by Gasteiger charge is 2.08. The second-order valence-corrected chi connectivity index (χ2v) is 6.94. The summed E-state index contributed by atoms with van der Waals surface area (Å²) in [4.78, 5) is 0. The van der Waals surface area contributed by atoms with E-state index in [-0.39, 0.29) is 11.5 Å². The third-order valence-electron chi connectivity index (χ3n) is 2.12. The van der Waals surface area contributed by atoms with Crippen molar-refractivity contribution in [1.82, 2.24) is 0 Å². The van der Waals surface area contributed by atoms with E-state index >= 15 is 0 Å². The molecular weight excluding hydrogens is 314 g/mol. The van der Waals surface area contributed by atoms with E-state index in [4.69, 9.17) is 11.6 Å². The molecule has 0 unspecified atom stereocenters. The minimum absolute atomic E-state index is 0.127. The molecule has 0 aliphatic carbocycles. The number of hydrogen-bond donors (Lipinski definition) is 1. The van der Waals surface area contributed by atoms with Crippen LogP contribution in [0.25, 0.3) is 0 Å². The van der Waals surface area contributed by atoms with E-state index in [1.165, 1.54) is 0 Å². The standard InChI is InChI=1S/C10H13BrClNO2S/c1-2-16(14,15)7-6-13-9-5-3-4-8(12)10(9)11/h3-5,13H,2,6-7H2,1H3. The molecule has 0 atom stereocenters. The van der Waals surface area contributed by atoms with Crippen molar-refractivity contribution >= 4 is 43.1 Å². The summed E-state index contributed by atoms with van der Waals surface area (Å²) in [6, 6.07) is 5.41. The molecule has 0 radical (unpaired) electrons. The summed E-state index contributed by atoms with van der Waals surface area (Å²) in [5, 5.41) is 3.63. The van der Waals surface area contributed by atoms with Gasteiger partial charge in [0.2, 0.25) is 0 Å². The highest BCUT2D eigenvalue weighted by atomic mass is 79.9. The number of anilines is 1. The third kappa shape index (κ3) is 3.96. The molecule has 1 aromatic carbocycles. The fourth-order valence-electron chi connectivity index (χ4n) is 1.13. The van der Waals surface area contributed by atoms with Gasteiger partial charge in [-0.1, -0.05) is 24.6 Å². The zero-order valence-electron chi connectivity index (χ0n) is 8.83. The summed E-state index contributed by atoms with van der Waals surface area (Å²) in [6.07, 6.45) is 0. The van der Waals surface area contributed by atoms with Crippen LogP contribution in [0.3, 0.4) is 0 Å². The predicted molar refractivity (Wildman–Crippen MR) is 72.0 cm³/mol. The van der Waals surface area contributed by atoms with E-state index in [0.29, 0.717) is 11.6 Å². The van der Waals surface area contributed by atoms with Gasteiger partial charge < -0.3 is 5.32 Å². The Hall–Kier alpha value is -0.260. The van der Waals surface area contributed by atoms with Crippen molar-refractivity contribution in [2.75, 3.05) is 23.4 Å². The highest BCUT2D eigenvalue weighted by Crippen LogP contribution is 2.29. The van der Waals surface area contributed by atoms with Crippen molar-refractivity contribution in [2.45, 2.75) is 6.92 Å². The predicted octanol–water partition coefficient (Wildman–Crippen LogP) is 2.95. The number of sulfone groups is 1. The molecule has 16 heavy (non-hydrogen) atoms. The average molecular weight is 327 g/mol. The summed E-state index contributed by atoms with van der Waals surface area (Å²) < 4.78 is 23.3. The average Bonchev–Trinajstić information content (AvgIpc) is 2.24. The van der Waals surface area contributed by atoms with E-state index < -0.39 is 9.84 Å². The SMILES string of the molecule is CCS(=O)(=O)CCNc1cccc(Cl)c1Br. The largest absolute Gasteiger partial charge is 0.383 e. The molecule has 0 aliphatic rings. The molecule has 3 nitrogen and oxygen atoms in total. The van der Waals surface area contributed by atoms with E-state index in [2.05, 4.69) is 21.2 Å². The Morgan fingerprint density at radius 3 is 2.75 bits per heavy atom. The summed E-state index contributed by atoms with van der Waals surface area (Å²) >= 11 is 9.24. The van der Waals surface area contributed by atoms with Crippen LogP contribution >= 0.6 is 27.5 Å². The molecule has 0 saturated carbocycles. The van der Waals surface area contributed by atoms with Gasteiger partial charge in [-0.15, -0.1) is 0 Å². The Kier molecular flexibility index (Phi) is 5.08. The fourth-order valence-corrected chi connectivity index (χ4v) is 2.41. The number of halogens is 2. The number of hydrogen-bond acceptors (Lipinski definition) is 3. The molecule has 0 fully saturated rings. The minimum atomic E-state index is -2.92. The van der Waals surface area contributed by atoms with Crippen LogP contribution in [-0.2, 0) is 9.84 Å². The molecule has 0 aromatic heterocycles. The summed E-state index contributed by atoms with van der Waals surface area (Å²) in [7, 11) is -2.92. The molecule has 1 rings (SSSR count). The van der Waals surface area contributed by atoms with Crippen LogP contribution in [0.4, 0.5) is 5.69 Å². The minimum Gasteiger partial charge on any atom is -0.383 e. The Morgan fingerprint density at radius 2 is 2.12 bits per heavy atom. The number of rotatable bonds is 5. The molecule has 0 heterocycles.